The van der Waals surface area contributed by atoms with Crippen molar-refractivity contribution >= 4 is 27.3 Å². The van der Waals surface area contributed by atoms with Crippen molar-refractivity contribution < 1.29 is 4.92 Å². The van der Waals surface area contributed by atoms with Gasteiger partial charge in [-0.25, -0.2) is 0 Å². The van der Waals surface area contributed by atoms with Gasteiger partial charge in [-0.2, -0.15) is 0 Å². The van der Waals surface area contributed by atoms with Gasteiger partial charge < -0.3 is 4.90 Å². The second kappa shape index (κ2) is 6.26. The van der Waals surface area contributed by atoms with Gasteiger partial charge in [0.25, 0.3) is 5.69 Å². The molecule has 0 atom stereocenters. The zero-order chi connectivity index (χ0) is 15.6. The highest BCUT2D eigenvalue weighted by Crippen LogP contribution is 2.30. The third kappa shape index (κ3) is 3.61. The first-order valence-electron chi connectivity index (χ1n) is 6.59. The van der Waals surface area contributed by atoms with E-state index in [0.717, 1.165) is 11.3 Å². The van der Waals surface area contributed by atoms with Gasteiger partial charge in [-0.1, -0.05) is 18.2 Å². The van der Waals surface area contributed by atoms with E-state index in [1.165, 1.54) is 17.2 Å². The second-order valence-electron chi connectivity index (χ2n) is 5.21. The van der Waals surface area contributed by atoms with Crippen molar-refractivity contribution in [1.29, 1.82) is 0 Å². The fourth-order valence-corrected chi connectivity index (χ4v) is 2.88. The molecule has 0 heterocycles. The summed E-state index contributed by atoms with van der Waals surface area (Å²) in [6.07, 6.45) is 0. The summed E-state index contributed by atoms with van der Waals surface area (Å²) in [4.78, 5) is 12.7. The van der Waals surface area contributed by atoms with Crippen LogP contribution in [0.4, 0.5) is 11.4 Å². The van der Waals surface area contributed by atoms with Crippen LogP contribution in [-0.2, 0) is 6.54 Å². The lowest BCUT2D eigenvalue weighted by atomic mass is 10.1. The van der Waals surface area contributed by atoms with Crippen LogP contribution in [0.3, 0.4) is 0 Å². The highest BCUT2D eigenvalue weighted by atomic mass is 79.9. The maximum atomic E-state index is 11.0. The number of aryl methyl sites for hydroxylation is 2. The molecule has 0 fully saturated rings. The topological polar surface area (TPSA) is 46.4 Å². The van der Waals surface area contributed by atoms with Crippen LogP contribution in [-0.4, -0.2) is 12.0 Å². The van der Waals surface area contributed by atoms with Gasteiger partial charge in [-0.05, 0) is 58.6 Å². The first-order valence-corrected chi connectivity index (χ1v) is 7.39. The Morgan fingerprint density at radius 2 is 1.81 bits per heavy atom. The number of hydrogen-bond acceptors (Lipinski definition) is 3. The third-order valence-electron chi connectivity index (χ3n) is 3.31. The van der Waals surface area contributed by atoms with Gasteiger partial charge in [0.2, 0.25) is 0 Å². The van der Waals surface area contributed by atoms with E-state index in [1.807, 2.05) is 13.1 Å². The van der Waals surface area contributed by atoms with Crippen LogP contribution in [0.5, 0.6) is 0 Å². The fraction of sp³-hybridized carbons (Fsp3) is 0.250. The van der Waals surface area contributed by atoms with Gasteiger partial charge in [0.05, 0.1) is 4.92 Å². The summed E-state index contributed by atoms with van der Waals surface area (Å²) in [6.45, 7) is 4.73. The molecule has 2 aromatic carbocycles. The molecule has 0 aromatic heterocycles. The molecule has 0 N–H and O–H groups in total. The summed E-state index contributed by atoms with van der Waals surface area (Å²) in [6, 6.07) is 11.5. The number of nitro groups is 1. The van der Waals surface area contributed by atoms with Crippen molar-refractivity contribution in [2.75, 3.05) is 11.9 Å². The number of rotatable bonds is 4. The number of halogens is 1. The Kier molecular flexibility index (Phi) is 4.63. The summed E-state index contributed by atoms with van der Waals surface area (Å²) in [5.74, 6) is 0. The molecule has 2 aromatic rings. The van der Waals surface area contributed by atoms with Crippen LogP contribution in [0.25, 0.3) is 0 Å². The lowest BCUT2D eigenvalue weighted by Gasteiger charge is -2.21. The molecule has 0 saturated carbocycles. The SMILES string of the molecule is Cc1cc(C)cc(N(C)Cc2cccc([N+](=O)[O-])c2Br)c1. The van der Waals surface area contributed by atoms with E-state index in [4.69, 9.17) is 0 Å². The molecule has 5 heteroatoms. The second-order valence-corrected chi connectivity index (χ2v) is 6.00. The maximum absolute atomic E-state index is 11.0. The predicted molar refractivity (Wildman–Crippen MR) is 88.8 cm³/mol. The van der Waals surface area contributed by atoms with Crippen molar-refractivity contribution in [2.45, 2.75) is 20.4 Å². The molecular formula is C16H17BrN2O2. The van der Waals surface area contributed by atoms with Gasteiger partial charge >= 0.3 is 0 Å². The number of nitrogens with zero attached hydrogens (tertiary/aromatic N) is 2. The van der Waals surface area contributed by atoms with Crippen molar-refractivity contribution in [3.8, 4) is 0 Å². The van der Waals surface area contributed by atoms with E-state index in [9.17, 15) is 10.1 Å². The Hall–Kier alpha value is -1.88. The minimum atomic E-state index is -0.371. The molecule has 21 heavy (non-hydrogen) atoms. The Labute approximate surface area is 132 Å². The zero-order valence-corrected chi connectivity index (χ0v) is 13.8. The van der Waals surface area contributed by atoms with E-state index in [1.54, 1.807) is 6.07 Å². The largest absolute Gasteiger partial charge is 0.370 e. The molecule has 0 aliphatic carbocycles. The fourth-order valence-electron chi connectivity index (χ4n) is 2.35. The highest BCUT2D eigenvalue weighted by Gasteiger charge is 2.16. The number of anilines is 1. The Balaban J connectivity index is 2.29. The number of nitro benzene ring substituents is 1. The zero-order valence-electron chi connectivity index (χ0n) is 12.3. The van der Waals surface area contributed by atoms with E-state index < -0.39 is 0 Å². The quantitative estimate of drug-likeness (QED) is 0.598. The number of hydrogen-bond donors (Lipinski definition) is 0. The van der Waals surface area contributed by atoms with E-state index in [-0.39, 0.29) is 10.6 Å². The van der Waals surface area contributed by atoms with Crippen LogP contribution >= 0.6 is 15.9 Å². The molecule has 0 unspecified atom stereocenters. The molecular weight excluding hydrogens is 332 g/mol. The Morgan fingerprint density at radius 3 is 2.38 bits per heavy atom. The smallest absolute Gasteiger partial charge is 0.283 e. The molecule has 0 radical (unpaired) electrons. The van der Waals surface area contributed by atoms with Crippen LogP contribution < -0.4 is 4.90 Å². The molecule has 2 rings (SSSR count). The predicted octanol–water partition coefficient (Wildman–Crippen LogP) is 4.61. The average Bonchev–Trinajstić information content (AvgIpc) is 2.39. The van der Waals surface area contributed by atoms with Crippen molar-refractivity contribution in [3.63, 3.8) is 0 Å². The molecule has 0 spiro atoms. The lowest BCUT2D eigenvalue weighted by Crippen LogP contribution is -2.17. The lowest BCUT2D eigenvalue weighted by molar-refractivity contribution is -0.385. The minimum absolute atomic E-state index is 0.0984. The minimum Gasteiger partial charge on any atom is -0.370 e. The van der Waals surface area contributed by atoms with Crippen LogP contribution in [0.1, 0.15) is 16.7 Å². The van der Waals surface area contributed by atoms with Gasteiger partial charge in [0.1, 0.15) is 4.47 Å². The maximum Gasteiger partial charge on any atom is 0.283 e. The third-order valence-corrected chi connectivity index (χ3v) is 4.23. The van der Waals surface area contributed by atoms with E-state index in [2.05, 4.69) is 52.9 Å². The van der Waals surface area contributed by atoms with Crippen molar-refractivity contribution in [3.05, 3.63) is 67.7 Å². The molecule has 0 aliphatic rings. The summed E-state index contributed by atoms with van der Waals surface area (Å²) in [5.41, 5.74) is 4.50. The van der Waals surface area contributed by atoms with Crippen LogP contribution in [0, 0.1) is 24.0 Å². The van der Waals surface area contributed by atoms with Gasteiger partial charge in [-0.3, -0.25) is 10.1 Å². The standard InChI is InChI=1S/C16H17BrN2O2/c1-11-7-12(2)9-14(8-11)18(3)10-13-5-4-6-15(16(13)17)19(20)21/h4-9H,10H2,1-3H3. The Morgan fingerprint density at radius 1 is 1.19 bits per heavy atom. The van der Waals surface area contributed by atoms with Gasteiger partial charge in [0, 0.05) is 25.3 Å². The van der Waals surface area contributed by atoms with E-state index >= 15 is 0 Å². The summed E-state index contributed by atoms with van der Waals surface area (Å²) in [5, 5.41) is 11.0. The van der Waals surface area contributed by atoms with Crippen LogP contribution in [0.2, 0.25) is 0 Å². The Bertz CT molecular complexity index is 666. The highest BCUT2D eigenvalue weighted by molar-refractivity contribution is 9.10. The van der Waals surface area contributed by atoms with Crippen LogP contribution in [0.15, 0.2) is 40.9 Å². The first kappa shape index (κ1) is 15.5. The molecule has 0 aliphatic heterocycles. The summed E-state index contributed by atoms with van der Waals surface area (Å²) < 4.78 is 0.547. The van der Waals surface area contributed by atoms with Gasteiger partial charge in [0.15, 0.2) is 0 Å². The molecule has 4 nitrogen and oxygen atoms in total. The van der Waals surface area contributed by atoms with Gasteiger partial charge in [-0.15, -0.1) is 0 Å². The summed E-state index contributed by atoms with van der Waals surface area (Å²) in [7, 11) is 1.99. The van der Waals surface area contributed by atoms with Crippen molar-refractivity contribution in [1.82, 2.24) is 0 Å². The molecule has 0 saturated heterocycles. The summed E-state index contributed by atoms with van der Waals surface area (Å²) >= 11 is 3.34. The molecule has 110 valence electrons. The number of benzene rings is 2. The van der Waals surface area contributed by atoms with E-state index in [0.29, 0.717) is 11.0 Å². The van der Waals surface area contributed by atoms with Crippen molar-refractivity contribution in [2.24, 2.45) is 0 Å². The molecule has 0 amide bonds. The average molecular weight is 349 g/mol. The molecule has 0 bridgehead atoms. The normalized spacial score (nSPS) is 10.5. The first-order chi connectivity index (χ1) is 9.88. The monoisotopic (exact) mass is 348 g/mol.